The molecule has 0 heterocycles. The second kappa shape index (κ2) is 8.72. The molecule has 0 aromatic heterocycles. The molecule has 2 rings (SSSR count). The first-order valence-electron chi connectivity index (χ1n) is 7.73. The van der Waals surface area contributed by atoms with Crippen LogP contribution in [0.1, 0.15) is 16.7 Å². The molecular formula is C19H16F2N2O3. The summed E-state index contributed by atoms with van der Waals surface area (Å²) in [6, 6.07) is 10.8. The van der Waals surface area contributed by atoms with Crippen molar-refractivity contribution in [1.29, 1.82) is 5.26 Å². The van der Waals surface area contributed by atoms with E-state index in [0.717, 1.165) is 12.1 Å². The molecular weight excluding hydrogens is 342 g/mol. The summed E-state index contributed by atoms with van der Waals surface area (Å²) in [5.74, 6) is -3.28. The maximum Gasteiger partial charge on any atom is 0.328 e. The van der Waals surface area contributed by atoms with Gasteiger partial charge in [-0.25, -0.2) is 13.6 Å². The third kappa shape index (κ3) is 4.86. The van der Waals surface area contributed by atoms with Crippen molar-refractivity contribution < 1.29 is 23.1 Å². The Bertz CT molecular complexity index is 862. The van der Waals surface area contributed by atoms with Gasteiger partial charge in [0.25, 0.3) is 0 Å². The van der Waals surface area contributed by atoms with E-state index < -0.39 is 29.6 Å². The molecule has 0 saturated heterocycles. The van der Waals surface area contributed by atoms with Crippen LogP contribution < -0.4 is 5.32 Å². The fourth-order valence-corrected chi connectivity index (χ4v) is 2.44. The van der Waals surface area contributed by atoms with Gasteiger partial charge in [0.15, 0.2) is 11.6 Å². The van der Waals surface area contributed by atoms with Crippen molar-refractivity contribution in [2.24, 2.45) is 0 Å². The highest BCUT2D eigenvalue weighted by molar-refractivity contribution is 5.85. The van der Waals surface area contributed by atoms with Crippen LogP contribution in [0.15, 0.2) is 42.5 Å². The Labute approximate surface area is 149 Å². The van der Waals surface area contributed by atoms with Gasteiger partial charge in [-0.15, -0.1) is 0 Å². The Hall–Kier alpha value is -3.27. The molecule has 1 atom stereocenters. The lowest BCUT2D eigenvalue weighted by Gasteiger charge is -2.17. The van der Waals surface area contributed by atoms with Crippen molar-refractivity contribution >= 4 is 11.9 Å². The van der Waals surface area contributed by atoms with Crippen LogP contribution in [0.3, 0.4) is 0 Å². The van der Waals surface area contributed by atoms with E-state index in [-0.39, 0.29) is 18.4 Å². The van der Waals surface area contributed by atoms with E-state index in [0.29, 0.717) is 11.1 Å². The molecule has 134 valence electrons. The summed E-state index contributed by atoms with van der Waals surface area (Å²) in [4.78, 5) is 24.2. The zero-order valence-corrected chi connectivity index (χ0v) is 14.0. The van der Waals surface area contributed by atoms with Crippen LogP contribution >= 0.6 is 0 Å². The second-order valence-electron chi connectivity index (χ2n) is 5.54. The fourth-order valence-electron chi connectivity index (χ4n) is 2.44. The molecule has 1 N–H and O–H groups in total. The number of carbonyl (C=O) groups excluding carboxylic acids is 2. The van der Waals surface area contributed by atoms with Gasteiger partial charge in [0.2, 0.25) is 5.91 Å². The predicted molar refractivity (Wildman–Crippen MR) is 88.9 cm³/mol. The number of methoxy groups -OCH3 is 1. The maximum absolute atomic E-state index is 13.2. The van der Waals surface area contributed by atoms with Gasteiger partial charge >= 0.3 is 5.97 Å². The number of carbonyl (C=O) groups is 2. The third-order valence-corrected chi connectivity index (χ3v) is 3.73. The minimum Gasteiger partial charge on any atom is -0.467 e. The summed E-state index contributed by atoms with van der Waals surface area (Å²) in [6.07, 6.45) is -0.162. The summed E-state index contributed by atoms with van der Waals surface area (Å²) >= 11 is 0. The van der Waals surface area contributed by atoms with Crippen molar-refractivity contribution in [2.75, 3.05) is 7.11 Å². The number of esters is 1. The van der Waals surface area contributed by atoms with Crippen LogP contribution in [0, 0.1) is 23.0 Å². The van der Waals surface area contributed by atoms with Gasteiger partial charge in [-0.05, 0) is 29.3 Å². The first-order valence-corrected chi connectivity index (χ1v) is 7.73. The third-order valence-electron chi connectivity index (χ3n) is 3.73. The van der Waals surface area contributed by atoms with E-state index in [1.807, 2.05) is 6.07 Å². The number of nitriles is 1. The van der Waals surface area contributed by atoms with E-state index in [1.54, 1.807) is 24.3 Å². The molecule has 26 heavy (non-hydrogen) atoms. The highest BCUT2D eigenvalue weighted by Crippen LogP contribution is 2.12. The maximum atomic E-state index is 13.2. The highest BCUT2D eigenvalue weighted by Gasteiger charge is 2.23. The van der Waals surface area contributed by atoms with E-state index in [9.17, 15) is 18.4 Å². The lowest BCUT2D eigenvalue weighted by Crippen LogP contribution is -2.43. The van der Waals surface area contributed by atoms with E-state index in [2.05, 4.69) is 5.32 Å². The van der Waals surface area contributed by atoms with Crippen LogP contribution in [0.25, 0.3) is 0 Å². The predicted octanol–water partition coefficient (Wildman–Crippen LogP) is 2.28. The largest absolute Gasteiger partial charge is 0.467 e. The SMILES string of the molecule is COC(=O)[C@@H](Cc1ccccc1C#N)NC(=O)Cc1ccc(F)c(F)c1. The van der Waals surface area contributed by atoms with Gasteiger partial charge < -0.3 is 10.1 Å². The molecule has 0 aliphatic rings. The van der Waals surface area contributed by atoms with E-state index in [4.69, 9.17) is 10.00 Å². The number of nitrogens with one attached hydrogen (secondary N) is 1. The van der Waals surface area contributed by atoms with Gasteiger partial charge in [0.05, 0.1) is 25.2 Å². The smallest absolute Gasteiger partial charge is 0.328 e. The molecule has 0 aliphatic carbocycles. The Morgan fingerprint density at radius 2 is 1.92 bits per heavy atom. The Morgan fingerprint density at radius 1 is 1.19 bits per heavy atom. The fraction of sp³-hybridized carbons (Fsp3) is 0.211. The molecule has 0 saturated carbocycles. The van der Waals surface area contributed by atoms with Gasteiger partial charge in [0, 0.05) is 6.42 Å². The van der Waals surface area contributed by atoms with Crippen molar-refractivity contribution in [2.45, 2.75) is 18.9 Å². The van der Waals surface area contributed by atoms with Crippen LogP contribution in [0.2, 0.25) is 0 Å². The molecule has 0 bridgehead atoms. The van der Waals surface area contributed by atoms with Gasteiger partial charge in [-0.2, -0.15) is 5.26 Å². The standard InChI is InChI=1S/C19H16F2N2O3/c1-26-19(25)17(10-13-4-2-3-5-14(13)11-22)23-18(24)9-12-6-7-15(20)16(21)8-12/h2-8,17H,9-10H2,1H3,(H,23,24)/t17-/m1/s1. The quantitative estimate of drug-likeness (QED) is 0.804. The Kier molecular flexibility index (Phi) is 6.39. The van der Waals surface area contributed by atoms with Crippen molar-refractivity contribution in [3.63, 3.8) is 0 Å². The number of nitrogens with zero attached hydrogens (tertiary/aromatic N) is 1. The minimum atomic E-state index is -1.05. The molecule has 1 amide bonds. The van der Waals surface area contributed by atoms with Crippen molar-refractivity contribution in [3.05, 3.63) is 70.8 Å². The average Bonchev–Trinajstić information content (AvgIpc) is 2.64. The molecule has 0 radical (unpaired) electrons. The van der Waals surface area contributed by atoms with Crippen LogP contribution in [-0.4, -0.2) is 25.0 Å². The summed E-state index contributed by atoms with van der Waals surface area (Å²) in [5.41, 5.74) is 1.23. The summed E-state index contributed by atoms with van der Waals surface area (Å²) in [6.45, 7) is 0. The molecule has 5 nitrogen and oxygen atoms in total. The number of hydrogen-bond donors (Lipinski definition) is 1. The zero-order valence-electron chi connectivity index (χ0n) is 14.0. The Balaban J connectivity index is 2.12. The summed E-state index contributed by atoms with van der Waals surface area (Å²) in [5, 5.41) is 11.6. The number of benzene rings is 2. The van der Waals surface area contributed by atoms with Crippen LogP contribution in [0.5, 0.6) is 0 Å². The van der Waals surface area contributed by atoms with E-state index >= 15 is 0 Å². The van der Waals surface area contributed by atoms with Crippen LogP contribution in [-0.2, 0) is 27.2 Å². The first kappa shape index (κ1) is 19.1. The minimum absolute atomic E-state index is 0.0694. The molecule has 0 spiro atoms. The highest BCUT2D eigenvalue weighted by atomic mass is 19.2. The monoisotopic (exact) mass is 358 g/mol. The number of rotatable bonds is 6. The number of amides is 1. The van der Waals surface area contributed by atoms with Crippen LogP contribution in [0.4, 0.5) is 8.78 Å². The summed E-state index contributed by atoms with van der Waals surface area (Å²) in [7, 11) is 1.19. The van der Waals surface area contributed by atoms with E-state index in [1.165, 1.54) is 13.2 Å². The molecule has 0 aliphatic heterocycles. The molecule has 0 fully saturated rings. The molecule has 2 aromatic rings. The normalized spacial score (nSPS) is 11.3. The lowest BCUT2D eigenvalue weighted by atomic mass is 10.0. The Morgan fingerprint density at radius 3 is 2.58 bits per heavy atom. The van der Waals surface area contributed by atoms with Crippen molar-refractivity contribution in [1.82, 2.24) is 5.32 Å². The molecule has 2 aromatic carbocycles. The summed E-state index contributed by atoms with van der Waals surface area (Å²) < 4.78 is 30.9. The second-order valence-corrected chi connectivity index (χ2v) is 5.54. The molecule has 7 heteroatoms. The first-order chi connectivity index (χ1) is 12.4. The lowest BCUT2D eigenvalue weighted by molar-refractivity contribution is -0.145. The number of ether oxygens (including phenoxy) is 1. The number of halogens is 2. The van der Waals surface area contributed by atoms with Gasteiger partial charge in [-0.3, -0.25) is 4.79 Å². The zero-order chi connectivity index (χ0) is 19.1. The number of hydrogen-bond acceptors (Lipinski definition) is 4. The average molecular weight is 358 g/mol. The topological polar surface area (TPSA) is 79.2 Å². The van der Waals surface area contributed by atoms with Gasteiger partial charge in [-0.1, -0.05) is 24.3 Å². The van der Waals surface area contributed by atoms with Crippen molar-refractivity contribution in [3.8, 4) is 6.07 Å². The molecule has 0 unspecified atom stereocenters. The van der Waals surface area contributed by atoms with Gasteiger partial charge in [0.1, 0.15) is 6.04 Å².